The predicted octanol–water partition coefficient (Wildman–Crippen LogP) is 3.21. The Balaban J connectivity index is 2.67. The van der Waals surface area contributed by atoms with E-state index < -0.39 is 5.97 Å². The molecule has 0 unspecified atom stereocenters. The van der Waals surface area contributed by atoms with Crippen LogP contribution in [0.5, 0.6) is 5.75 Å². The van der Waals surface area contributed by atoms with Crippen LogP contribution in [0, 0.1) is 0 Å². The minimum absolute atomic E-state index is 0.0223. The van der Waals surface area contributed by atoms with Crippen LogP contribution in [0.4, 0.5) is 0 Å². The van der Waals surface area contributed by atoms with Gasteiger partial charge in [0.05, 0.1) is 15.6 Å². The number of hydrogen-bond acceptors (Lipinski definition) is 3. The third-order valence-corrected chi connectivity index (χ3v) is 3.69. The summed E-state index contributed by atoms with van der Waals surface area (Å²) >= 11 is 6.77. The highest BCUT2D eigenvalue weighted by molar-refractivity contribution is 9.11. The molecule has 0 spiro atoms. The first-order chi connectivity index (χ1) is 9.93. The zero-order valence-electron chi connectivity index (χ0n) is 11.4. The van der Waals surface area contributed by atoms with E-state index in [2.05, 4.69) is 37.2 Å². The quantitative estimate of drug-likeness (QED) is 0.524. The molecule has 0 aliphatic rings. The van der Waals surface area contributed by atoms with Crippen molar-refractivity contribution in [2.45, 2.75) is 12.8 Å². The van der Waals surface area contributed by atoms with Gasteiger partial charge in [-0.15, -0.1) is 0 Å². The number of carbonyl (C=O) groups is 2. The molecule has 0 bridgehead atoms. The van der Waals surface area contributed by atoms with Crippen molar-refractivity contribution < 1.29 is 19.4 Å². The van der Waals surface area contributed by atoms with Gasteiger partial charge in [0.15, 0.2) is 0 Å². The first kappa shape index (κ1) is 17.7. The fourth-order valence-electron chi connectivity index (χ4n) is 1.51. The molecule has 1 amide bonds. The van der Waals surface area contributed by atoms with E-state index in [9.17, 15) is 9.59 Å². The largest absolute Gasteiger partial charge is 0.491 e. The molecule has 7 heteroatoms. The molecular weight excluding hydrogens is 406 g/mol. The van der Waals surface area contributed by atoms with E-state index in [1.54, 1.807) is 19.2 Å². The van der Waals surface area contributed by atoms with Crippen LogP contribution in [0.3, 0.4) is 0 Å². The fourth-order valence-corrected chi connectivity index (χ4v) is 2.96. The van der Waals surface area contributed by atoms with Gasteiger partial charge in [-0.05, 0) is 62.1 Å². The van der Waals surface area contributed by atoms with Crippen molar-refractivity contribution in [3.63, 3.8) is 0 Å². The Morgan fingerprint density at radius 3 is 2.48 bits per heavy atom. The third-order valence-electron chi connectivity index (χ3n) is 2.51. The molecule has 0 radical (unpaired) electrons. The zero-order chi connectivity index (χ0) is 15.8. The molecule has 5 nitrogen and oxygen atoms in total. The summed E-state index contributed by atoms with van der Waals surface area (Å²) in [6.07, 6.45) is 3.58. The van der Waals surface area contributed by atoms with Gasteiger partial charge < -0.3 is 15.2 Å². The molecule has 0 saturated carbocycles. The summed E-state index contributed by atoms with van der Waals surface area (Å²) in [6, 6.07) is 3.52. The van der Waals surface area contributed by atoms with Crippen molar-refractivity contribution in [2.24, 2.45) is 0 Å². The summed E-state index contributed by atoms with van der Waals surface area (Å²) in [5.41, 5.74) is 0.730. The second-order valence-electron chi connectivity index (χ2n) is 4.11. The smallest absolute Gasteiger partial charge is 0.328 e. The normalized spacial score (nSPS) is 10.6. The first-order valence-corrected chi connectivity index (χ1v) is 7.76. The number of rotatable bonds is 7. The number of carbonyl (C=O) groups excluding carboxylic acids is 1. The number of aliphatic carboxylic acids is 1. The highest BCUT2D eigenvalue weighted by Crippen LogP contribution is 2.35. The number of carboxylic acids is 1. The van der Waals surface area contributed by atoms with Gasteiger partial charge in [-0.25, -0.2) is 4.79 Å². The lowest BCUT2D eigenvalue weighted by Crippen LogP contribution is -2.18. The van der Waals surface area contributed by atoms with E-state index in [1.807, 2.05) is 0 Å². The Morgan fingerprint density at radius 1 is 1.33 bits per heavy atom. The fraction of sp³-hybridized carbons (Fsp3) is 0.286. The molecule has 21 heavy (non-hydrogen) atoms. The van der Waals surface area contributed by atoms with Crippen molar-refractivity contribution in [1.29, 1.82) is 0 Å². The van der Waals surface area contributed by atoms with Crippen LogP contribution in [0.1, 0.15) is 18.4 Å². The lowest BCUT2D eigenvalue weighted by molar-refractivity contribution is -0.131. The summed E-state index contributed by atoms with van der Waals surface area (Å²) in [5, 5.41) is 11.2. The maximum Gasteiger partial charge on any atom is 0.328 e. The molecule has 0 aliphatic carbocycles. The van der Waals surface area contributed by atoms with E-state index in [1.165, 1.54) is 6.08 Å². The van der Waals surface area contributed by atoms with Crippen LogP contribution in [-0.2, 0) is 9.59 Å². The molecule has 0 aliphatic heterocycles. The molecule has 1 aromatic rings. The standard InChI is InChI=1S/C14H15Br2NO4/c1-17-12(18)3-2-6-21-14-10(15)7-9(8-11(14)16)4-5-13(19)20/h4-5,7-8H,2-3,6H2,1H3,(H,17,18)(H,19,20)/b5-4+. The molecule has 0 heterocycles. The second kappa shape index (κ2) is 8.84. The summed E-state index contributed by atoms with van der Waals surface area (Å²) in [5.74, 6) is -0.401. The van der Waals surface area contributed by atoms with E-state index in [4.69, 9.17) is 9.84 Å². The van der Waals surface area contributed by atoms with Gasteiger partial charge in [0, 0.05) is 19.5 Å². The van der Waals surface area contributed by atoms with Gasteiger partial charge in [-0.2, -0.15) is 0 Å². The average Bonchev–Trinajstić information content (AvgIpc) is 2.43. The van der Waals surface area contributed by atoms with Crippen LogP contribution in [0.25, 0.3) is 6.08 Å². The maximum atomic E-state index is 11.1. The summed E-state index contributed by atoms with van der Waals surface area (Å²) < 4.78 is 7.05. The van der Waals surface area contributed by atoms with Gasteiger partial charge >= 0.3 is 5.97 Å². The molecule has 0 fully saturated rings. The van der Waals surface area contributed by atoms with Crippen LogP contribution in [0.15, 0.2) is 27.2 Å². The number of hydrogen-bond donors (Lipinski definition) is 2. The highest BCUT2D eigenvalue weighted by atomic mass is 79.9. The van der Waals surface area contributed by atoms with Crippen LogP contribution in [-0.4, -0.2) is 30.6 Å². The van der Waals surface area contributed by atoms with Gasteiger partial charge in [0.25, 0.3) is 0 Å². The maximum absolute atomic E-state index is 11.1. The summed E-state index contributed by atoms with van der Waals surface area (Å²) in [6.45, 7) is 0.412. The van der Waals surface area contributed by atoms with Crippen LogP contribution >= 0.6 is 31.9 Å². The number of amides is 1. The monoisotopic (exact) mass is 419 g/mol. The van der Waals surface area contributed by atoms with E-state index in [0.717, 1.165) is 11.6 Å². The van der Waals surface area contributed by atoms with Crippen molar-refractivity contribution >= 4 is 49.8 Å². The Morgan fingerprint density at radius 2 is 1.95 bits per heavy atom. The highest BCUT2D eigenvalue weighted by Gasteiger charge is 2.08. The predicted molar refractivity (Wildman–Crippen MR) is 87.3 cm³/mol. The van der Waals surface area contributed by atoms with Crippen LogP contribution in [0.2, 0.25) is 0 Å². The van der Waals surface area contributed by atoms with Gasteiger partial charge in [-0.3, -0.25) is 4.79 Å². The van der Waals surface area contributed by atoms with Gasteiger partial charge in [0.1, 0.15) is 5.75 Å². The average molecular weight is 421 g/mol. The molecule has 2 N–H and O–H groups in total. The molecule has 114 valence electrons. The topological polar surface area (TPSA) is 75.6 Å². The SMILES string of the molecule is CNC(=O)CCCOc1c(Br)cc(/C=C/C(=O)O)cc1Br. The van der Waals surface area contributed by atoms with Crippen molar-refractivity contribution in [3.05, 3.63) is 32.7 Å². The van der Waals surface area contributed by atoms with Crippen LogP contribution < -0.4 is 10.1 Å². The number of carboxylic acid groups (broad SMARTS) is 1. The first-order valence-electron chi connectivity index (χ1n) is 6.17. The minimum atomic E-state index is -1.00. The molecule has 1 aromatic carbocycles. The number of ether oxygens (including phenoxy) is 1. The Bertz CT molecular complexity index is 535. The Labute approximate surface area is 139 Å². The second-order valence-corrected chi connectivity index (χ2v) is 5.82. The Kier molecular flexibility index (Phi) is 7.45. The lowest BCUT2D eigenvalue weighted by atomic mass is 10.2. The molecular formula is C14H15Br2NO4. The lowest BCUT2D eigenvalue weighted by Gasteiger charge is -2.11. The number of benzene rings is 1. The molecule has 1 rings (SSSR count). The summed E-state index contributed by atoms with van der Waals surface area (Å²) in [7, 11) is 1.60. The van der Waals surface area contributed by atoms with Crippen molar-refractivity contribution in [3.8, 4) is 5.75 Å². The van der Waals surface area contributed by atoms with E-state index in [-0.39, 0.29) is 5.91 Å². The van der Waals surface area contributed by atoms with E-state index in [0.29, 0.717) is 34.1 Å². The van der Waals surface area contributed by atoms with Crippen molar-refractivity contribution in [1.82, 2.24) is 5.32 Å². The minimum Gasteiger partial charge on any atom is -0.491 e. The molecule has 0 aromatic heterocycles. The number of halogens is 2. The Hall–Kier alpha value is -1.34. The molecule has 0 atom stereocenters. The van der Waals surface area contributed by atoms with Gasteiger partial charge in [-0.1, -0.05) is 0 Å². The molecule has 0 saturated heterocycles. The van der Waals surface area contributed by atoms with Crippen molar-refractivity contribution in [2.75, 3.05) is 13.7 Å². The van der Waals surface area contributed by atoms with Gasteiger partial charge in [0.2, 0.25) is 5.91 Å². The third kappa shape index (κ3) is 6.31. The summed E-state index contributed by atoms with van der Waals surface area (Å²) in [4.78, 5) is 21.6. The zero-order valence-corrected chi connectivity index (χ0v) is 14.5. The van der Waals surface area contributed by atoms with E-state index >= 15 is 0 Å². The number of nitrogens with one attached hydrogen (secondary N) is 1.